The Morgan fingerprint density at radius 1 is 1.00 bits per heavy atom. The van der Waals surface area contributed by atoms with Gasteiger partial charge >= 0.3 is 0 Å². The van der Waals surface area contributed by atoms with E-state index in [1.807, 2.05) is 29.2 Å². The minimum absolute atomic E-state index is 0.124. The molecule has 0 saturated carbocycles. The molecule has 0 radical (unpaired) electrons. The molecule has 3 aromatic rings. The Hall–Kier alpha value is -2.60. The Morgan fingerprint density at radius 2 is 1.72 bits per heavy atom. The molecule has 4 rings (SSSR count). The van der Waals surface area contributed by atoms with Gasteiger partial charge in [-0.05, 0) is 93.9 Å². The Morgan fingerprint density at radius 3 is 2.36 bits per heavy atom. The lowest BCUT2D eigenvalue weighted by Crippen LogP contribution is -2.34. The smallest absolute Gasteiger partial charge is 0.253 e. The Kier molecular flexibility index (Phi) is 9.24. The molecule has 1 saturated heterocycles. The molecule has 2 aromatic heterocycles. The van der Waals surface area contributed by atoms with Crippen molar-refractivity contribution in [1.29, 1.82) is 0 Å². The van der Waals surface area contributed by atoms with E-state index in [2.05, 4.69) is 43.2 Å². The summed E-state index contributed by atoms with van der Waals surface area (Å²) < 4.78 is 7.99. The van der Waals surface area contributed by atoms with Gasteiger partial charge in [-0.3, -0.25) is 4.79 Å². The Balaban J connectivity index is 1.60. The van der Waals surface area contributed by atoms with E-state index in [9.17, 15) is 4.79 Å². The zero-order valence-electron chi connectivity index (χ0n) is 22.7. The van der Waals surface area contributed by atoms with Gasteiger partial charge in [-0.2, -0.15) is 0 Å². The van der Waals surface area contributed by atoms with Gasteiger partial charge in [0.05, 0.1) is 17.3 Å². The van der Waals surface area contributed by atoms with Crippen molar-refractivity contribution in [2.75, 3.05) is 32.7 Å². The Labute approximate surface area is 216 Å². The number of fused-ring (bicyclic) bond motifs is 1. The number of aryl methyl sites for hydroxylation is 1. The van der Waals surface area contributed by atoms with Gasteiger partial charge in [-0.1, -0.05) is 34.1 Å². The molecule has 1 fully saturated rings. The van der Waals surface area contributed by atoms with E-state index >= 15 is 0 Å². The first-order valence-electron chi connectivity index (χ1n) is 14.0. The normalized spacial score (nSPS) is 14.8. The molecule has 1 aromatic carbocycles. The molecule has 6 nitrogen and oxygen atoms in total. The lowest BCUT2D eigenvalue weighted by atomic mass is 10.1. The van der Waals surface area contributed by atoms with Crippen LogP contribution in [0.1, 0.15) is 76.6 Å². The summed E-state index contributed by atoms with van der Waals surface area (Å²) >= 11 is 0. The number of carbonyl (C=O) groups is 1. The van der Waals surface area contributed by atoms with Crippen LogP contribution in [0.25, 0.3) is 22.6 Å². The van der Waals surface area contributed by atoms with Crippen LogP contribution in [0.2, 0.25) is 0 Å². The monoisotopic (exact) mass is 492 g/mol. The Bertz CT molecular complexity index is 1080. The molecule has 0 aliphatic carbocycles. The van der Waals surface area contributed by atoms with Crippen LogP contribution >= 0.6 is 0 Å². The van der Waals surface area contributed by atoms with Crippen LogP contribution in [-0.2, 0) is 6.54 Å². The SMILES string of the molecule is CC(C)CCN(CCC(C)C)C(=O)c1ccc2nc(-c3ccco3)n(CCCN3CCCCC3)c2c1. The number of carbonyl (C=O) groups excluding carboxylic acids is 1. The van der Waals surface area contributed by atoms with E-state index in [0.717, 1.165) is 73.6 Å². The molecule has 0 atom stereocenters. The lowest BCUT2D eigenvalue weighted by Gasteiger charge is -2.26. The fourth-order valence-corrected chi connectivity index (χ4v) is 5.04. The topological polar surface area (TPSA) is 54.5 Å². The van der Waals surface area contributed by atoms with Crippen LogP contribution in [0.3, 0.4) is 0 Å². The molecule has 0 unspecified atom stereocenters. The summed E-state index contributed by atoms with van der Waals surface area (Å²) in [5, 5.41) is 0. The molecule has 3 heterocycles. The van der Waals surface area contributed by atoms with Gasteiger partial charge in [0.25, 0.3) is 5.91 Å². The number of amides is 1. The average molecular weight is 493 g/mol. The predicted octanol–water partition coefficient (Wildman–Crippen LogP) is 6.71. The van der Waals surface area contributed by atoms with Gasteiger partial charge in [-0.25, -0.2) is 4.98 Å². The van der Waals surface area contributed by atoms with Crippen molar-refractivity contribution in [3.05, 3.63) is 42.2 Å². The number of benzene rings is 1. The van der Waals surface area contributed by atoms with Gasteiger partial charge < -0.3 is 18.8 Å². The fraction of sp³-hybridized carbons (Fsp3) is 0.600. The first-order valence-corrected chi connectivity index (χ1v) is 14.0. The van der Waals surface area contributed by atoms with Crippen molar-refractivity contribution in [2.24, 2.45) is 11.8 Å². The van der Waals surface area contributed by atoms with Gasteiger partial charge in [-0.15, -0.1) is 0 Å². The van der Waals surface area contributed by atoms with Crippen molar-refractivity contribution in [3.8, 4) is 11.6 Å². The van der Waals surface area contributed by atoms with Crippen LogP contribution in [-0.4, -0.2) is 58.0 Å². The molecule has 0 spiro atoms. The summed E-state index contributed by atoms with van der Waals surface area (Å²) in [6.07, 6.45) is 8.75. The van der Waals surface area contributed by atoms with Crippen molar-refractivity contribution >= 4 is 16.9 Å². The number of aromatic nitrogens is 2. The lowest BCUT2D eigenvalue weighted by molar-refractivity contribution is 0.0741. The zero-order valence-corrected chi connectivity index (χ0v) is 22.7. The molecular formula is C30H44N4O2. The third-order valence-electron chi connectivity index (χ3n) is 7.28. The van der Waals surface area contributed by atoms with Gasteiger partial charge in [0.2, 0.25) is 0 Å². The first kappa shape index (κ1) is 26.5. The second-order valence-electron chi connectivity index (χ2n) is 11.2. The third-order valence-corrected chi connectivity index (χ3v) is 7.28. The van der Waals surface area contributed by atoms with E-state index in [1.54, 1.807) is 6.26 Å². The molecule has 0 bridgehead atoms. The van der Waals surface area contributed by atoms with Crippen molar-refractivity contribution < 1.29 is 9.21 Å². The van der Waals surface area contributed by atoms with E-state index in [1.165, 1.54) is 32.4 Å². The molecular weight excluding hydrogens is 448 g/mol. The summed E-state index contributed by atoms with van der Waals surface area (Å²) in [5.41, 5.74) is 2.67. The van der Waals surface area contributed by atoms with Crippen molar-refractivity contribution in [2.45, 2.75) is 72.8 Å². The molecule has 196 valence electrons. The number of hydrogen-bond donors (Lipinski definition) is 0. The van der Waals surface area contributed by atoms with Crippen LogP contribution in [0, 0.1) is 11.8 Å². The summed E-state index contributed by atoms with van der Waals surface area (Å²) in [7, 11) is 0. The zero-order chi connectivity index (χ0) is 25.5. The largest absolute Gasteiger partial charge is 0.461 e. The quantitative estimate of drug-likeness (QED) is 0.282. The van der Waals surface area contributed by atoms with Crippen LogP contribution in [0.4, 0.5) is 0 Å². The molecule has 1 aliphatic rings. The number of furan rings is 1. The number of imidazole rings is 1. The third kappa shape index (κ3) is 6.78. The maximum absolute atomic E-state index is 13.7. The summed E-state index contributed by atoms with van der Waals surface area (Å²) in [5.74, 6) is 2.87. The highest BCUT2D eigenvalue weighted by Crippen LogP contribution is 2.27. The molecule has 1 aliphatic heterocycles. The van der Waals surface area contributed by atoms with Gasteiger partial charge in [0, 0.05) is 25.2 Å². The number of nitrogens with zero attached hydrogens (tertiary/aromatic N) is 4. The maximum atomic E-state index is 13.7. The fourth-order valence-electron chi connectivity index (χ4n) is 5.04. The van der Waals surface area contributed by atoms with E-state index < -0.39 is 0 Å². The van der Waals surface area contributed by atoms with Crippen LogP contribution in [0.15, 0.2) is 41.0 Å². The minimum atomic E-state index is 0.124. The van der Waals surface area contributed by atoms with Crippen molar-refractivity contribution in [1.82, 2.24) is 19.4 Å². The summed E-state index contributed by atoms with van der Waals surface area (Å²) in [4.78, 5) is 23.2. The maximum Gasteiger partial charge on any atom is 0.253 e. The van der Waals surface area contributed by atoms with E-state index in [4.69, 9.17) is 9.40 Å². The number of rotatable bonds is 12. The molecule has 0 N–H and O–H groups in total. The second kappa shape index (κ2) is 12.6. The summed E-state index contributed by atoms with van der Waals surface area (Å²) in [6.45, 7) is 14.8. The van der Waals surface area contributed by atoms with Gasteiger partial charge in [0.1, 0.15) is 0 Å². The van der Waals surface area contributed by atoms with Crippen molar-refractivity contribution in [3.63, 3.8) is 0 Å². The highest BCUT2D eigenvalue weighted by Gasteiger charge is 2.20. The highest BCUT2D eigenvalue weighted by molar-refractivity contribution is 5.98. The molecule has 1 amide bonds. The standard InChI is InChI=1S/C30H44N4O2/c1-23(2)13-19-33(20-14-24(3)4)30(35)25-11-12-26-27(22-25)34(29(31-26)28-10-8-21-36-28)18-9-17-32-15-6-5-7-16-32/h8,10-12,21-24H,5-7,9,13-20H2,1-4H3. The molecule has 36 heavy (non-hydrogen) atoms. The van der Waals surface area contributed by atoms with E-state index in [0.29, 0.717) is 11.8 Å². The summed E-state index contributed by atoms with van der Waals surface area (Å²) in [6, 6.07) is 9.87. The van der Waals surface area contributed by atoms with E-state index in [-0.39, 0.29) is 5.91 Å². The first-order chi connectivity index (χ1) is 17.4. The highest BCUT2D eigenvalue weighted by atomic mass is 16.3. The average Bonchev–Trinajstić information content (AvgIpc) is 3.52. The second-order valence-corrected chi connectivity index (χ2v) is 11.2. The number of likely N-dealkylation sites (tertiary alicyclic amines) is 1. The van der Waals surface area contributed by atoms with Gasteiger partial charge in [0.15, 0.2) is 11.6 Å². The number of hydrogen-bond acceptors (Lipinski definition) is 4. The van der Waals surface area contributed by atoms with Crippen LogP contribution < -0.4 is 0 Å². The predicted molar refractivity (Wildman–Crippen MR) is 147 cm³/mol. The minimum Gasteiger partial charge on any atom is -0.461 e. The van der Waals surface area contributed by atoms with Crippen LogP contribution in [0.5, 0.6) is 0 Å². The number of piperidine rings is 1. The molecule has 6 heteroatoms.